The maximum atomic E-state index is 4.41. The Morgan fingerprint density at radius 1 is 1.47 bits per heavy atom. The Bertz CT molecular complexity index is 304. The summed E-state index contributed by atoms with van der Waals surface area (Å²) in [5, 5.41) is 0. The van der Waals surface area contributed by atoms with Crippen LogP contribution in [-0.4, -0.2) is 20.9 Å². The van der Waals surface area contributed by atoms with Crippen molar-refractivity contribution >= 4 is 35.9 Å². The van der Waals surface area contributed by atoms with Crippen LogP contribution in [-0.2, 0) is 0 Å². The molecule has 1 aromatic heterocycles. The van der Waals surface area contributed by atoms with E-state index in [4.69, 9.17) is 0 Å². The third-order valence-electron chi connectivity index (χ3n) is 2.36. The maximum absolute atomic E-state index is 4.41. The Morgan fingerprint density at radius 3 is 2.53 bits per heavy atom. The van der Waals surface area contributed by atoms with Gasteiger partial charge in [-0.1, -0.05) is 32.5 Å². The highest BCUT2D eigenvalue weighted by Crippen LogP contribution is 2.32. The molecule has 0 N–H and O–H groups in total. The third-order valence-corrected chi connectivity index (χ3v) is 4.89. The number of hydrogen-bond acceptors (Lipinski definition) is 5. The van der Waals surface area contributed by atoms with E-state index in [1.165, 1.54) is 11.5 Å². The van der Waals surface area contributed by atoms with Crippen LogP contribution in [0.15, 0.2) is 4.34 Å². The van der Waals surface area contributed by atoms with Crippen molar-refractivity contribution in [3.63, 3.8) is 0 Å². The minimum atomic E-state index is 0.314. The molecule has 0 fully saturated rings. The lowest BCUT2D eigenvalue weighted by Crippen LogP contribution is -2.24. The summed E-state index contributed by atoms with van der Waals surface area (Å²) in [6, 6.07) is 0. The first-order chi connectivity index (χ1) is 6.93. The number of aryl methyl sites for hydroxylation is 1. The van der Waals surface area contributed by atoms with Crippen molar-refractivity contribution in [2.75, 3.05) is 11.5 Å². The van der Waals surface area contributed by atoms with Crippen molar-refractivity contribution in [1.29, 1.82) is 0 Å². The van der Waals surface area contributed by atoms with E-state index >= 15 is 0 Å². The van der Waals surface area contributed by atoms with Gasteiger partial charge in [0.2, 0.25) is 0 Å². The summed E-state index contributed by atoms with van der Waals surface area (Å²) in [4.78, 5) is 4.34. The monoisotopic (exact) mass is 262 g/mol. The minimum Gasteiger partial charge on any atom is -0.213 e. The topological polar surface area (TPSA) is 25.8 Å². The second-order valence-corrected chi connectivity index (χ2v) is 7.05. The van der Waals surface area contributed by atoms with E-state index in [1.807, 2.05) is 6.92 Å². The SMILES string of the molecule is Cc1nsc(SCC(CS)C(C)(C)C)n1. The number of aromatic nitrogens is 2. The molecule has 0 radical (unpaired) electrons. The molecule has 0 bridgehead atoms. The average Bonchev–Trinajstić information content (AvgIpc) is 2.50. The van der Waals surface area contributed by atoms with E-state index in [9.17, 15) is 0 Å². The Labute approximate surface area is 106 Å². The predicted octanol–water partition coefficient (Wildman–Crippen LogP) is 3.53. The molecule has 0 aromatic carbocycles. The molecule has 1 atom stereocenters. The van der Waals surface area contributed by atoms with Gasteiger partial charge in [0.1, 0.15) is 5.82 Å². The van der Waals surface area contributed by atoms with Gasteiger partial charge in [0.15, 0.2) is 4.34 Å². The van der Waals surface area contributed by atoms with Gasteiger partial charge < -0.3 is 0 Å². The average molecular weight is 262 g/mol. The zero-order valence-electron chi connectivity index (χ0n) is 9.65. The van der Waals surface area contributed by atoms with Crippen LogP contribution in [0.25, 0.3) is 0 Å². The molecule has 0 saturated heterocycles. The lowest BCUT2D eigenvalue weighted by Gasteiger charge is -2.28. The van der Waals surface area contributed by atoms with Crippen LogP contribution in [0.2, 0.25) is 0 Å². The van der Waals surface area contributed by atoms with Crippen LogP contribution in [0.1, 0.15) is 26.6 Å². The molecule has 5 heteroatoms. The van der Waals surface area contributed by atoms with E-state index in [0.717, 1.165) is 21.7 Å². The molecule has 1 rings (SSSR count). The molecular weight excluding hydrogens is 244 g/mol. The summed E-state index contributed by atoms with van der Waals surface area (Å²) in [5.74, 6) is 3.48. The highest BCUT2D eigenvalue weighted by atomic mass is 32.2. The van der Waals surface area contributed by atoms with Gasteiger partial charge in [0.25, 0.3) is 0 Å². The molecule has 1 heterocycles. The summed E-state index contributed by atoms with van der Waals surface area (Å²) in [7, 11) is 0. The van der Waals surface area contributed by atoms with Crippen molar-refractivity contribution in [2.24, 2.45) is 11.3 Å². The maximum Gasteiger partial charge on any atom is 0.170 e. The van der Waals surface area contributed by atoms with Crippen molar-refractivity contribution < 1.29 is 0 Å². The fourth-order valence-electron chi connectivity index (χ4n) is 1.09. The lowest BCUT2D eigenvalue weighted by atomic mass is 9.83. The fraction of sp³-hybridized carbons (Fsp3) is 0.800. The molecule has 1 unspecified atom stereocenters. The Hall–Kier alpha value is 0.260. The highest BCUT2D eigenvalue weighted by molar-refractivity contribution is 8.00. The molecule has 0 aliphatic carbocycles. The lowest BCUT2D eigenvalue weighted by molar-refractivity contribution is 0.294. The third kappa shape index (κ3) is 4.33. The van der Waals surface area contributed by atoms with E-state index < -0.39 is 0 Å². The summed E-state index contributed by atoms with van der Waals surface area (Å²) in [6.45, 7) is 8.72. The van der Waals surface area contributed by atoms with Crippen molar-refractivity contribution in [1.82, 2.24) is 9.36 Å². The van der Waals surface area contributed by atoms with Crippen molar-refractivity contribution in [2.45, 2.75) is 32.0 Å². The van der Waals surface area contributed by atoms with Crippen LogP contribution >= 0.6 is 35.9 Å². The quantitative estimate of drug-likeness (QED) is 0.664. The summed E-state index contributed by atoms with van der Waals surface area (Å²) in [6.07, 6.45) is 0. The Morgan fingerprint density at radius 2 is 2.13 bits per heavy atom. The van der Waals surface area contributed by atoms with Crippen LogP contribution in [0.5, 0.6) is 0 Å². The van der Waals surface area contributed by atoms with Gasteiger partial charge in [-0.25, -0.2) is 4.98 Å². The van der Waals surface area contributed by atoms with Gasteiger partial charge in [0.05, 0.1) is 0 Å². The molecule has 0 saturated carbocycles. The molecular formula is C10H18N2S3. The van der Waals surface area contributed by atoms with Crippen LogP contribution < -0.4 is 0 Å². The van der Waals surface area contributed by atoms with Gasteiger partial charge in [0, 0.05) is 5.75 Å². The molecule has 0 spiro atoms. The summed E-state index contributed by atoms with van der Waals surface area (Å²) < 4.78 is 5.25. The number of hydrogen-bond donors (Lipinski definition) is 1. The Balaban J connectivity index is 2.48. The van der Waals surface area contributed by atoms with Gasteiger partial charge in [-0.2, -0.15) is 17.0 Å². The molecule has 0 aliphatic heterocycles. The van der Waals surface area contributed by atoms with Crippen molar-refractivity contribution in [3.05, 3.63) is 5.82 Å². The fourth-order valence-corrected chi connectivity index (χ4v) is 4.05. The zero-order valence-corrected chi connectivity index (χ0v) is 12.2. The van der Waals surface area contributed by atoms with E-state index in [2.05, 4.69) is 42.8 Å². The zero-order chi connectivity index (χ0) is 11.5. The normalized spacial score (nSPS) is 14.2. The first-order valence-electron chi connectivity index (χ1n) is 4.97. The van der Waals surface area contributed by atoms with E-state index in [0.29, 0.717) is 11.3 Å². The largest absolute Gasteiger partial charge is 0.213 e. The smallest absolute Gasteiger partial charge is 0.170 e. The number of rotatable bonds is 4. The van der Waals surface area contributed by atoms with Gasteiger partial charge in [-0.05, 0) is 35.5 Å². The van der Waals surface area contributed by atoms with Crippen LogP contribution in [0, 0.1) is 18.3 Å². The highest BCUT2D eigenvalue weighted by Gasteiger charge is 2.23. The summed E-state index contributed by atoms with van der Waals surface area (Å²) >= 11 is 7.70. The van der Waals surface area contributed by atoms with Gasteiger partial charge in [-0.3, -0.25) is 0 Å². The molecule has 2 nitrogen and oxygen atoms in total. The second-order valence-electron chi connectivity index (χ2n) is 4.66. The number of thioether (sulfide) groups is 1. The second kappa shape index (κ2) is 5.55. The van der Waals surface area contributed by atoms with Gasteiger partial charge in [-0.15, -0.1) is 0 Å². The van der Waals surface area contributed by atoms with Gasteiger partial charge >= 0.3 is 0 Å². The number of thiol groups is 1. The molecule has 1 aromatic rings. The summed E-state index contributed by atoms with van der Waals surface area (Å²) in [5.41, 5.74) is 0.314. The Kier molecular flexibility index (Phi) is 4.93. The van der Waals surface area contributed by atoms with Crippen LogP contribution in [0.3, 0.4) is 0 Å². The molecule has 15 heavy (non-hydrogen) atoms. The predicted molar refractivity (Wildman–Crippen MR) is 72.2 cm³/mol. The van der Waals surface area contributed by atoms with E-state index in [1.54, 1.807) is 11.8 Å². The first kappa shape index (κ1) is 13.3. The number of nitrogens with zero attached hydrogens (tertiary/aromatic N) is 2. The van der Waals surface area contributed by atoms with E-state index in [-0.39, 0.29) is 0 Å². The molecule has 86 valence electrons. The first-order valence-corrected chi connectivity index (χ1v) is 7.36. The standard InChI is InChI=1S/C10H18N2S3/c1-7-11-9(15-12-7)14-6-8(5-13)10(2,3)4/h8,13H,5-6H2,1-4H3. The van der Waals surface area contributed by atoms with Crippen LogP contribution in [0.4, 0.5) is 0 Å². The molecule has 0 aliphatic rings. The molecule has 0 amide bonds. The minimum absolute atomic E-state index is 0.314. The van der Waals surface area contributed by atoms with Crippen molar-refractivity contribution in [3.8, 4) is 0 Å².